The predicted octanol–water partition coefficient (Wildman–Crippen LogP) is 5.38. The van der Waals surface area contributed by atoms with Crippen molar-refractivity contribution in [3.63, 3.8) is 0 Å². The highest BCUT2D eigenvalue weighted by Gasteiger charge is 2.27. The van der Waals surface area contributed by atoms with E-state index < -0.39 is 18.5 Å². The molecule has 1 atom stereocenters. The van der Waals surface area contributed by atoms with Gasteiger partial charge in [0.2, 0.25) is 0 Å². The Morgan fingerprint density at radius 2 is 1.77 bits per heavy atom. The van der Waals surface area contributed by atoms with Crippen molar-refractivity contribution in [2.45, 2.75) is 46.6 Å². The molecule has 0 aliphatic carbocycles. The normalized spacial score (nSPS) is 12.2. The van der Waals surface area contributed by atoms with Gasteiger partial charge in [-0.2, -0.15) is 8.78 Å². The van der Waals surface area contributed by atoms with Crippen LogP contribution in [0.15, 0.2) is 36.4 Å². The molecule has 1 heterocycles. The molecule has 1 N–H and O–H groups in total. The molecule has 8 heteroatoms. The van der Waals surface area contributed by atoms with Gasteiger partial charge in [-0.05, 0) is 55.7 Å². The van der Waals surface area contributed by atoms with Gasteiger partial charge in [0.25, 0.3) is 5.91 Å². The minimum Gasteiger partial charge on any atom is -0.508 e. The number of aromatic nitrogens is 1. The molecule has 0 saturated heterocycles. The molecule has 0 spiro atoms. The van der Waals surface area contributed by atoms with Gasteiger partial charge < -0.3 is 14.6 Å². The number of nitrogens with zero attached hydrogens (tertiary/aromatic N) is 1. The first-order valence-corrected chi connectivity index (χ1v) is 9.80. The Bertz CT molecular complexity index is 1140. The maximum absolute atomic E-state index is 13.3. The van der Waals surface area contributed by atoms with Crippen molar-refractivity contribution < 1.29 is 33.0 Å². The number of halogens is 2. The number of hydrogen-bond acceptors (Lipinski definition) is 5. The zero-order chi connectivity index (χ0) is 22.9. The lowest BCUT2D eigenvalue weighted by Crippen LogP contribution is -2.14. The number of carbonyl (C=O) groups excluding carboxylic acids is 2. The SMILES string of the molecule is CC[C@@H](C)c1c(O)ccc2c1c(OC(C)=O)c(C)n2C(=O)c1ccc(OC(F)F)cc1. The number of benzene rings is 2. The van der Waals surface area contributed by atoms with Crippen LogP contribution in [-0.2, 0) is 4.79 Å². The first-order valence-electron chi connectivity index (χ1n) is 9.80. The molecule has 0 amide bonds. The highest BCUT2D eigenvalue weighted by molar-refractivity contribution is 6.07. The fourth-order valence-corrected chi connectivity index (χ4v) is 3.63. The summed E-state index contributed by atoms with van der Waals surface area (Å²) in [6.45, 7) is 3.84. The lowest BCUT2D eigenvalue weighted by atomic mass is 9.94. The number of alkyl halides is 2. The van der Waals surface area contributed by atoms with Crippen LogP contribution in [0.5, 0.6) is 17.2 Å². The van der Waals surface area contributed by atoms with Crippen LogP contribution in [0.3, 0.4) is 0 Å². The Hall–Kier alpha value is -3.42. The van der Waals surface area contributed by atoms with Gasteiger partial charge in [-0.15, -0.1) is 0 Å². The van der Waals surface area contributed by atoms with Gasteiger partial charge in [-0.1, -0.05) is 13.8 Å². The van der Waals surface area contributed by atoms with E-state index in [0.717, 1.165) is 6.42 Å². The highest BCUT2D eigenvalue weighted by atomic mass is 19.3. The molecule has 0 aliphatic heterocycles. The Labute approximate surface area is 178 Å². The number of phenols is 1. The Balaban J connectivity index is 2.22. The van der Waals surface area contributed by atoms with Crippen LogP contribution in [0.2, 0.25) is 0 Å². The number of rotatable bonds is 6. The van der Waals surface area contributed by atoms with E-state index in [-0.39, 0.29) is 28.7 Å². The second kappa shape index (κ2) is 8.75. The average molecular weight is 431 g/mol. The van der Waals surface area contributed by atoms with Gasteiger partial charge in [0, 0.05) is 18.1 Å². The smallest absolute Gasteiger partial charge is 0.387 e. The van der Waals surface area contributed by atoms with Crippen LogP contribution in [0.1, 0.15) is 54.7 Å². The molecule has 0 unspecified atom stereocenters. The Morgan fingerprint density at radius 1 is 1.13 bits per heavy atom. The summed E-state index contributed by atoms with van der Waals surface area (Å²) in [5, 5.41) is 11.0. The summed E-state index contributed by atoms with van der Waals surface area (Å²) < 4.78 is 35.9. The maximum atomic E-state index is 13.3. The van der Waals surface area contributed by atoms with Crippen LogP contribution >= 0.6 is 0 Å². The van der Waals surface area contributed by atoms with Crippen LogP contribution in [0.25, 0.3) is 10.9 Å². The second-order valence-electron chi connectivity index (χ2n) is 7.25. The van der Waals surface area contributed by atoms with Crippen LogP contribution < -0.4 is 9.47 Å². The first kappa shape index (κ1) is 22.3. The predicted molar refractivity (Wildman–Crippen MR) is 111 cm³/mol. The third-order valence-electron chi connectivity index (χ3n) is 5.21. The molecule has 164 valence electrons. The molecule has 3 rings (SSSR count). The second-order valence-corrected chi connectivity index (χ2v) is 7.25. The lowest BCUT2D eigenvalue weighted by molar-refractivity contribution is -0.131. The summed E-state index contributed by atoms with van der Waals surface area (Å²) in [6, 6.07) is 8.42. The van der Waals surface area contributed by atoms with E-state index in [0.29, 0.717) is 22.2 Å². The van der Waals surface area contributed by atoms with Crippen LogP contribution in [-0.4, -0.2) is 28.2 Å². The third-order valence-corrected chi connectivity index (χ3v) is 5.21. The van der Waals surface area contributed by atoms with E-state index in [1.54, 1.807) is 13.0 Å². The van der Waals surface area contributed by atoms with Crippen molar-refractivity contribution in [2.24, 2.45) is 0 Å². The summed E-state index contributed by atoms with van der Waals surface area (Å²) in [5.74, 6) is -0.862. The van der Waals surface area contributed by atoms with E-state index in [2.05, 4.69) is 4.74 Å². The van der Waals surface area contributed by atoms with Crippen molar-refractivity contribution in [2.75, 3.05) is 0 Å². The van der Waals surface area contributed by atoms with E-state index in [1.807, 2.05) is 13.8 Å². The van der Waals surface area contributed by atoms with Crippen molar-refractivity contribution in [3.8, 4) is 17.2 Å². The molecule has 31 heavy (non-hydrogen) atoms. The largest absolute Gasteiger partial charge is 0.508 e. The molecule has 3 aromatic rings. The fourth-order valence-electron chi connectivity index (χ4n) is 3.63. The molecule has 0 radical (unpaired) electrons. The number of phenolic OH excluding ortho intramolecular Hbond substituents is 1. The molecule has 0 aliphatic rings. The van der Waals surface area contributed by atoms with Crippen LogP contribution in [0.4, 0.5) is 8.78 Å². The fraction of sp³-hybridized carbons (Fsp3) is 0.304. The van der Waals surface area contributed by atoms with E-state index >= 15 is 0 Å². The molecule has 0 fully saturated rings. The summed E-state index contributed by atoms with van der Waals surface area (Å²) in [5.41, 5.74) is 1.68. The van der Waals surface area contributed by atoms with Gasteiger partial charge >= 0.3 is 12.6 Å². The van der Waals surface area contributed by atoms with Crippen molar-refractivity contribution in [1.82, 2.24) is 4.57 Å². The van der Waals surface area contributed by atoms with Gasteiger partial charge in [-0.3, -0.25) is 14.2 Å². The molecule has 1 aromatic heterocycles. The monoisotopic (exact) mass is 431 g/mol. The van der Waals surface area contributed by atoms with Gasteiger partial charge in [-0.25, -0.2) is 0 Å². The van der Waals surface area contributed by atoms with Crippen molar-refractivity contribution in [1.29, 1.82) is 0 Å². The van der Waals surface area contributed by atoms with Crippen molar-refractivity contribution >= 4 is 22.8 Å². The van der Waals surface area contributed by atoms with Gasteiger partial charge in [0.1, 0.15) is 11.5 Å². The molecular weight excluding hydrogens is 408 g/mol. The molecule has 0 bridgehead atoms. The first-order chi connectivity index (χ1) is 14.6. The Morgan fingerprint density at radius 3 is 2.32 bits per heavy atom. The maximum Gasteiger partial charge on any atom is 0.387 e. The minimum absolute atomic E-state index is 0.0494. The quantitative estimate of drug-likeness (QED) is 0.530. The topological polar surface area (TPSA) is 77.8 Å². The number of carbonyl (C=O) groups is 2. The summed E-state index contributed by atoms with van der Waals surface area (Å²) in [7, 11) is 0. The standard InChI is InChI=1S/C23H23F2NO5/c1-5-12(2)19-18(28)11-10-17-20(19)21(30-14(4)27)13(3)26(17)22(29)15-6-8-16(9-7-15)31-23(24)25/h6-12,23,28H,5H2,1-4H3/t12-/m1/s1. The zero-order valence-electron chi connectivity index (χ0n) is 17.6. The molecular formula is C23H23F2NO5. The molecule has 0 saturated carbocycles. The van der Waals surface area contributed by atoms with E-state index in [4.69, 9.17) is 4.74 Å². The number of ether oxygens (including phenoxy) is 2. The average Bonchev–Trinajstić information content (AvgIpc) is 2.98. The number of aromatic hydroxyl groups is 1. The highest BCUT2D eigenvalue weighted by Crippen LogP contribution is 2.43. The van der Waals surface area contributed by atoms with E-state index in [9.17, 15) is 23.5 Å². The van der Waals surface area contributed by atoms with Gasteiger partial charge in [0.15, 0.2) is 5.75 Å². The number of hydrogen-bond donors (Lipinski definition) is 1. The third kappa shape index (κ3) is 4.23. The van der Waals surface area contributed by atoms with Crippen molar-refractivity contribution in [3.05, 3.63) is 53.2 Å². The van der Waals surface area contributed by atoms with E-state index in [1.165, 1.54) is 41.8 Å². The van der Waals surface area contributed by atoms with Gasteiger partial charge in [0.05, 0.1) is 16.6 Å². The van der Waals surface area contributed by atoms with Crippen LogP contribution in [0, 0.1) is 6.92 Å². The minimum atomic E-state index is -2.96. The summed E-state index contributed by atoms with van der Waals surface area (Å²) >= 11 is 0. The number of fused-ring (bicyclic) bond motifs is 1. The zero-order valence-corrected chi connectivity index (χ0v) is 17.6. The lowest BCUT2D eigenvalue weighted by Gasteiger charge is -2.14. The summed E-state index contributed by atoms with van der Waals surface area (Å²) in [6.07, 6.45) is 0.718. The summed E-state index contributed by atoms with van der Waals surface area (Å²) in [4.78, 5) is 25.1. The molecule has 6 nitrogen and oxygen atoms in total. The Kier molecular flexibility index (Phi) is 6.29. The number of esters is 1. The molecule has 2 aromatic carbocycles.